The predicted molar refractivity (Wildman–Crippen MR) is 88.0 cm³/mol. The summed E-state index contributed by atoms with van der Waals surface area (Å²) in [5.74, 6) is 0.0134. The van der Waals surface area contributed by atoms with Crippen LogP contribution in [0.1, 0.15) is 30.1 Å². The van der Waals surface area contributed by atoms with Gasteiger partial charge in [-0.05, 0) is 32.4 Å². The number of aromatic nitrogens is 1. The highest BCUT2D eigenvalue weighted by Gasteiger charge is 2.14. The van der Waals surface area contributed by atoms with E-state index >= 15 is 0 Å². The third kappa shape index (κ3) is 4.53. The number of amides is 1. The van der Waals surface area contributed by atoms with Crippen LogP contribution in [-0.2, 0) is 11.3 Å². The van der Waals surface area contributed by atoms with Gasteiger partial charge in [-0.25, -0.2) is 4.98 Å². The molecule has 3 nitrogen and oxygen atoms in total. The average Bonchev–Trinajstić information content (AvgIpc) is 2.89. The molecule has 0 aliphatic heterocycles. The predicted octanol–water partition coefficient (Wildman–Crippen LogP) is 3.90. The first-order valence-corrected chi connectivity index (χ1v) is 7.89. The van der Waals surface area contributed by atoms with E-state index in [0.29, 0.717) is 6.54 Å². The van der Waals surface area contributed by atoms with E-state index in [9.17, 15) is 4.79 Å². The number of nitrogens with zero attached hydrogens (tertiary/aromatic N) is 2. The second-order valence-electron chi connectivity index (χ2n) is 5.17. The quantitative estimate of drug-likeness (QED) is 0.785. The number of thiazole rings is 1. The van der Waals surface area contributed by atoms with Gasteiger partial charge < -0.3 is 4.90 Å². The van der Waals surface area contributed by atoms with Gasteiger partial charge in [0.1, 0.15) is 0 Å². The fourth-order valence-electron chi connectivity index (χ4n) is 2.00. The number of rotatable bonds is 5. The van der Waals surface area contributed by atoms with Gasteiger partial charge in [-0.1, -0.05) is 30.3 Å². The molecule has 0 spiro atoms. The minimum Gasteiger partial charge on any atom is -0.332 e. The molecule has 4 heteroatoms. The van der Waals surface area contributed by atoms with Crippen LogP contribution >= 0.6 is 11.3 Å². The number of hydrogen-bond donors (Lipinski definition) is 0. The van der Waals surface area contributed by atoms with Crippen LogP contribution in [0.15, 0.2) is 41.8 Å². The summed E-state index contributed by atoms with van der Waals surface area (Å²) in [6.07, 6.45) is 3.39. The fourth-order valence-corrected chi connectivity index (χ4v) is 2.58. The zero-order valence-corrected chi connectivity index (χ0v) is 13.4. The van der Waals surface area contributed by atoms with Gasteiger partial charge in [0.05, 0.1) is 10.7 Å². The Kier molecular flexibility index (Phi) is 5.28. The molecule has 1 aromatic heterocycles. The highest BCUT2D eigenvalue weighted by Crippen LogP contribution is 2.12. The lowest BCUT2D eigenvalue weighted by molar-refractivity contribution is -0.128. The standard InChI is InChI=1S/C17H20N2OS/c1-13(2)19(11-15-7-5-4-6-8-15)17(20)10-9-16-12-21-14(3)18-16/h4-10,12-13H,11H2,1-3H3/b10-9+. The number of carbonyl (C=O) groups excluding carboxylic acids is 1. The molecule has 0 unspecified atom stereocenters. The van der Waals surface area contributed by atoms with Crippen LogP contribution in [-0.4, -0.2) is 21.8 Å². The third-order valence-electron chi connectivity index (χ3n) is 3.14. The molecular weight excluding hydrogens is 280 g/mol. The van der Waals surface area contributed by atoms with Crippen LogP contribution in [0.3, 0.4) is 0 Å². The molecule has 1 amide bonds. The van der Waals surface area contributed by atoms with Crippen molar-refractivity contribution in [3.8, 4) is 0 Å². The van der Waals surface area contributed by atoms with Crippen LogP contribution < -0.4 is 0 Å². The van der Waals surface area contributed by atoms with Gasteiger partial charge in [-0.2, -0.15) is 0 Å². The van der Waals surface area contributed by atoms with Gasteiger partial charge in [-0.3, -0.25) is 4.79 Å². The number of carbonyl (C=O) groups is 1. The summed E-state index contributed by atoms with van der Waals surface area (Å²) in [6, 6.07) is 10.2. The van der Waals surface area contributed by atoms with E-state index < -0.39 is 0 Å². The molecule has 21 heavy (non-hydrogen) atoms. The highest BCUT2D eigenvalue weighted by atomic mass is 32.1. The Morgan fingerprint density at radius 2 is 2.05 bits per heavy atom. The molecule has 0 bridgehead atoms. The summed E-state index contributed by atoms with van der Waals surface area (Å²) in [7, 11) is 0. The first kappa shape index (κ1) is 15.4. The lowest BCUT2D eigenvalue weighted by atomic mass is 10.2. The van der Waals surface area contributed by atoms with Gasteiger partial charge in [0.25, 0.3) is 0 Å². The molecule has 0 saturated carbocycles. The molecular formula is C17H20N2OS. The summed E-state index contributed by atoms with van der Waals surface area (Å²) < 4.78 is 0. The van der Waals surface area contributed by atoms with E-state index in [4.69, 9.17) is 0 Å². The van der Waals surface area contributed by atoms with Gasteiger partial charge in [0, 0.05) is 24.0 Å². The molecule has 2 aromatic rings. The number of aryl methyl sites for hydroxylation is 1. The maximum atomic E-state index is 12.4. The second kappa shape index (κ2) is 7.18. The first-order chi connectivity index (χ1) is 10.1. The largest absolute Gasteiger partial charge is 0.332 e. The minimum atomic E-state index is 0.0134. The van der Waals surface area contributed by atoms with Gasteiger partial charge in [0.2, 0.25) is 5.91 Å². The summed E-state index contributed by atoms with van der Waals surface area (Å²) in [5, 5.41) is 2.96. The van der Waals surface area contributed by atoms with Crippen molar-refractivity contribution in [1.82, 2.24) is 9.88 Å². The lowest BCUT2D eigenvalue weighted by Gasteiger charge is -2.25. The van der Waals surface area contributed by atoms with Crippen LogP contribution in [0.4, 0.5) is 0 Å². The smallest absolute Gasteiger partial charge is 0.247 e. The SMILES string of the molecule is Cc1nc(/C=C/C(=O)N(Cc2ccccc2)C(C)C)cs1. The maximum absolute atomic E-state index is 12.4. The van der Waals surface area contributed by atoms with E-state index in [-0.39, 0.29) is 11.9 Å². The minimum absolute atomic E-state index is 0.0134. The van der Waals surface area contributed by atoms with Gasteiger partial charge in [0.15, 0.2) is 0 Å². The zero-order chi connectivity index (χ0) is 15.2. The van der Waals surface area contributed by atoms with Crippen molar-refractivity contribution < 1.29 is 4.79 Å². The first-order valence-electron chi connectivity index (χ1n) is 7.01. The van der Waals surface area contributed by atoms with Crippen molar-refractivity contribution in [2.75, 3.05) is 0 Å². The Labute approximate surface area is 129 Å². The van der Waals surface area contributed by atoms with Gasteiger partial charge >= 0.3 is 0 Å². The molecule has 0 N–H and O–H groups in total. The Hall–Kier alpha value is -1.94. The summed E-state index contributed by atoms with van der Waals surface area (Å²) in [4.78, 5) is 18.6. The normalized spacial score (nSPS) is 11.2. The Bertz CT molecular complexity index is 617. The van der Waals surface area contributed by atoms with Crippen LogP contribution in [0.5, 0.6) is 0 Å². The van der Waals surface area contributed by atoms with Crippen LogP contribution in [0, 0.1) is 6.92 Å². The monoisotopic (exact) mass is 300 g/mol. The second-order valence-corrected chi connectivity index (χ2v) is 6.23. The number of hydrogen-bond acceptors (Lipinski definition) is 3. The van der Waals surface area contributed by atoms with E-state index in [1.54, 1.807) is 23.5 Å². The molecule has 0 atom stereocenters. The topological polar surface area (TPSA) is 33.2 Å². The Morgan fingerprint density at radius 3 is 2.62 bits per heavy atom. The molecule has 2 rings (SSSR count). The van der Waals surface area contributed by atoms with E-state index in [1.807, 2.05) is 61.4 Å². The molecule has 0 aliphatic rings. The van der Waals surface area contributed by atoms with Crippen molar-refractivity contribution >= 4 is 23.3 Å². The maximum Gasteiger partial charge on any atom is 0.247 e. The van der Waals surface area contributed by atoms with E-state index in [2.05, 4.69) is 4.98 Å². The summed E-state index contributed by atoms with van der Waals surface area (Å²) in [6.45, 7) is 6.64. The molecule has 0 saturated heterocycles. The Morgan fingerprint density at radius 1 is 1.33 bits per heavy atom. The Balaban J connectivity index is 2.07. The van der Waals surface area contributed by atoms with E-state index in [0.717, 1.165) is 16.3 Å². The molecule has 0 radical (unpaired) electrons. The van der Waals surface area contributed by atoms with Crippen molar-refractivity contribution in [3.05, 3.63) is 58.1 Å². The van der Waals surface area contributed by atoms with Gasteiger partial charge in [-0.15, -0.1) is 11.3 Å². The van der Waals surface area contributed by atoms with Crippen LogP contribution in [0.2, 0.25) is 0 Å². The zero-order valence-electron chi connectivity index (χ0n) is 12.6. The molecule has 110 valence electrons. The van der Waals surface area contributed by atoms with Crippen LogP contribution in [0.25, 0.3) is 6.08 Å². The lowest BCUT2D eigenvalue weighted by Crippen LogP contribution is -2.35. The summed E-state index contributed by atoms with van der Waals surface area (Å²) in [5.41, 5.74) is 1.98. The van der Waals surface area contributed by atoms with Crippen molar-refractivity contribution in [3.63, 3.8) is 0 Å². The average molecular weight is 300 g/mol. The van der Waals surface area contributed by atoms with E-state index in [1.165, 1.54) is 0 Å². The highest BCUT2D eigenvalue weighted by molar-refractivity contribution is 7.09. The molecule has 1 aromatic carbocycles. The van der Waals surface area contributed by atoms with Crippen molar-refractivity contribution in [2.45, 2.75) is 33.4 Å². The van der Waals surface area contributed by atoms with Crippen molar-refractivity contribution in [1.29, 1.82) is 0 Å². The summed E-state index contributed by atoms with van der Waals surface area (Å²) >= 11 is 1.59. The molecule has 0 fully saturated rings. The third-order valence-corrected chi connectivity index (χ3v) is 3.93. The molecule has 1 heterocycles. The molecule has 0 aliphatic carbocycles. The fraction of sp³-hybridized carbons (Fsp3) is 0.294. The number of benzene rings is 1. The van der Waals surface area contributed by atoms with Crippen molar-refractivity contribution in [2.24, 2.45) is 0 Å².